The van der Waals surface area contributed by atoms with Crippen molar-refractivity contribution >= 4 is 28.2 Å². The summed E-state index contributed by atoms with van der Waals surface area (Å²) in [5.41, 5.74) is 2.33. The SMILES string of the molecule is CCCCCCCCCCCCCOc1ccc(Cc2csc(C(=O)Cl)c2)cc1. The van der Waals surface area contributed by atoms with Gasteiger partial charge in [-0.15, -0.1) is 11.3 Å². The third-order valence-corrected chi connectivity index (χ3v) is 6.49. The Labute approximate surface area is 185 Å². The van der Waals surface area contributed by atoms with Crippen LogP contribution in [0.2, 0.25) is 0 Å². The van der Waals surface area contributed by atoms with Crippen LogP contribution in [0.5, 0.6) is 5.75 Å². The molecule has 29 heavy (non-hydrogen) atoms. The second-order valence-corrected chi connectivity index (χ2v) is 9.05. The number of ether oxygens (including phenoxy) is 1. The molecule has 160 valence electrons. The average Bonchev–Trinajstić information content (AvgIpc) is 3.19. The van der Waals surface area contributed by atoms with Crippen molar-refractivity contribution in [3.8, 4) is 5.75 Å². The molecule has 0 radical (unpaired) electrons. The zero-order valence-electron chi connectivity index (χ0n) is 17.8. The Bertz CT molecular complexity index is 693. The van der Waals surface area contributed by atoms with Crippen LogP contribution >= 0.6 is 22.9 Å². The lowest BCUT2D eigenvalue weighted by atomic mass is 10.1. The molecule has 0 aliphatic heterocycles. The minimum absolute atomic E-state index is 0.382. The molecule has 0 saturated heterocycles. The molecule has 2 aromatic rings. The standard InChI is InChI=1S/C25H35ClO2S/c1-2-3-4-5-6-7-8-9-10-11-12-17-28-23-15-13-21(14-16-23)18-22-19-24(25(26)27)29-20-22/h13-16,19-20H,2-12,17-18H2,1H3. The van der Waals surface area contributed by atoms with Crippen LogP contribution in [0.25, 0.3) is 0 Å². The first kappa shape index (κ1) is 24.0. The van der Waals surface area contributed by atoms with Crippen LogP contribution in [-0.2, 0) is 6.42 Å². The monoisotopic (exact) mass is 434 g/mol. The summed E-state index contributed by atoms with van der Waals surface area (Å²) < 4.78 is 5.87. The van der Waals surface area contributed by atoms with Gasteiger partial charge in [0.2, 0.25) is 0 Å². The second-order valence-electron chi connectivity index (χ2n) is 7.80. The molecule has 1 heterocycles. The number of thiophene rings is 1. The number of hydrogen-bond acceptors (Lipinski definition) is 3. The Morgan fingerprint density at radius 2 is 1.45 bits per heavy atom. The molecule has 0 aliphatic carbocycles. The average molecular weight is 435 g/mol. The van der Waals surface area contributed by atoms with E-state index in [0.29, 0.717) is 4.88 Å². The molecule has 4 heteroatoms. The molecule has 0 unspecified atom stereocenters. The maximum atomic E-state index is 11.2. The van der Waals surface area contributed by atoms with Crippen molar-refractivity contribution in [1.82, 2.24) is 0 Å². The van der Waals surface area contributed by atoms with Gasteiger partial charge in [0, 0.05) is 0 Å². The van der Waals surface area contributed by atoms with Gasteiger partial charge in [-0.3, -0.25) is 4.79 Å². The Morgan fingerprint density at radius 3 is 2.00 bits per heavy atom. The predicted molar refractivity (Wildman–Crippen MR) is 126 cm³/mol. The predicted octanol–water partition coefficient (Wildman–Crippen LogP) is 8.41. The summed E-state index contributed by atoms with van der Waals surface area (Å²) in [6.45, 7) is 3.07. The van der Waals surface area contributed by atoms with Crippen molar-refractivity contribution in [3.05, 3.63) is 51.7 Å². The van der Waals surface area contributed by atoms with E-state index in [4.69, 9.17) is 16.3 Å². The topological polar surface area (TPSA) is 26.3 Å². The largest absolute Gasteiger partial charge is 0.494 e. The zero-order chi connectivity index (χ0) is 20.7. The fourth-order valence-electron chi connectivity index (χ4n) is 3.47. The van der Waals surface area contributed by atoms with Gasteiger partial charge in [0.1, 0.15) is 5.75 Å². The van der Waals surface area contributed by atoms with Crippen molar-refractivity contribution in [3.63, 3.8) is 0 Å². The van der Waals surface area contributed by atoms with Crippen molar-refractivity contribution < 1.29 is 9.53 Å². The third-order valence-electron chi connectivity index (χ3n) is 5.20. The van der Waals surface area contributed by atoms with Crippen LogP contribution in [0, 0.1) is 0 Å². The quantitative estimate of drug-likeness (QED) is 0.196. The van der Waals surface area contributed by atoms with Crippen molar-refractivity contribution in [2.45, 2.75) is 84.0 Å². The van der Waals surface area contributed by atoms with Crippen LogP contribution in [0.1, 0.15) is 98.4 Å². The number of hydrogen-bond donors (Lipinski definition) is 0. The van der Waals surface area contributed by atoms with Crippen molar-refractivity contribution in [2.24, 2.45) is 0 Å². The molecule has 2 rings (SSSR count). The number of halogens is 1. The highest BCUT2D eigenvalue weighted by Crippen LogP contribution is 2.21. The molecular formula is C25H35ClO2S. The van der Waals surface area contributed by atoms with Crippen molar-refractivity contribution in [1.29, 1.82) is 0 Å². The van der Waals surface area contributed by atoms with Crippen molar-refractivity contribution in [2.75, 3.05) is 6.61 Å². The summed E-state index contributed by atoms with van der Waals surface area (Å²) in [6, 6.07) is 10.1. The molecule has 0 bridgehead atoms. The zero-order valence-corrected chi connectivity index (χ0v) is 19.3. The Kier molecular flexibility index (Phi) is 12.1. The van der Waals surface area contributed by atoms with Gasteiger partial charge >= 0.3 is 0 Å². The molecular weight excluding hydrogens is 400 g/mol. The molecule has 2 nitrogen and oxygen atoms in total. The van der Waals surface area contributed by atoms with E-state index in [1.54, 1.807) is 0 Å². The maximum absolute atomic E-state index is 11.2. The van der Waals surface area contributed by atoms with E-state index in [9.17, 15) is 4.79 Å². The van der Waals surface area contributed by atoms with Gasteiger partial charge in [-0.1, -0.05) is 83.3 Å². The van der Waals surface area contributed by atoms with E-state index in [0.717, 1.165) is 30.8 Å². The summed E-state index contributed by atoms with van der Waals surface area (Å²) in [5.74, 6) is 0.933. The number of carbonyl (C=O) groups excluding carboxylic acids is 1. The minimum Gasteiger partial charge on any atom is -0.494 e. The molecule has 0 spiro atoms. The first-order valence-electron chi connectivity index (χ1n) is 11.2. The fourth-order valence-corrected chi connectivity index (χ4v) is 4.40. The van der Waals surface area contributed by atoms with Gasteiger partial charge < -0.3 is 4.74 Å². The lowest BCUT2D eigenvalue weighted by Crippen LogP contribution is -1.97. The van der Waals surface area contributed by atoms with Crippen LogP contribution in [-0.4, -0.2) is 11.8 Å². The van der Waals surface area contributed by atoms with Crippen LogP contribution < -0.4 is 4.74 Å². The maximum Gasteiger partial charge on any atom is 0.262 e. The van der Waals surface area contributed by atoms with Gasteiger partial charge in [0.05, 0.1) is 11.5 Å². The molecule has 1 aromatic carbocycles. The molecule has 0 N–H and O–H groups in total. The molecule has 0 aliphatic rings. The Balaban J connectivity index is 1.51. The van der Waals surface area contributed by atoms with Gasteiger partial charge in [-0.25, -0.2) is 0 Å². The van der Waals surface area contributed by atoms with E-state index in [1.165, 1.54) is 81.1 Å². The van der Waals surface area contributed by atoms with Crippen LogP contribution in [0.3, 0.4) is 0 Å². The highest BCUT2D eigenvalue weighted by Gasteiger charge is 2.06. The van der Waals surface area contributed by atoms with E-state index in [1.807, 2.05) is 23.6 Å². The summed E-state index contributed by atoms with van der Waals surface area (Å²) >= 11 is 6.92. The Hall–Kier alpha value is -1.32. The van der Waals surface area contributed by atoms with Gasteiger partial charge in [-0.05, 0) is 59.1 Å². The lowest BCUT2D eigenvalue weighted by molar-refractivity contribution is 0.108. The van der Waals surface area contributed by atoms with Gasteiger partial charge in [-0.2, -0.15) is 0 Å². The highest BCUT2D eigenvalue weighted by atomic mass is 35.5. The van der Waals surface area contributed by atoms with Gasteiger partial charge in [0.25, 0.3) is 5.24 Å². The minimum atomic E-state index is -0.382. The fraction of sp³-hybridized carbons (Fsp3) is 0.560. The lowest BCUT2D eigenvalue weighted by Gasteiger charge is -2.07. The smallest absolute Gasteiger partial charge is 0.262 e. The summed E-state index contributed by atoms with van der Waals surface area (Å²) in [4.78, 5) is 11.8. The summed E-state index contributed by atoms with van der Waals surface area (Å²) in [6.07, 6.45) is 15.6. The molecule has 1 aromatic heterocycles. The van der Waals surface area contributed by atoms with E-state index in [2.05, 4.69) is 19.1 Å². The molecule has 0 saturated carbocycles. The molecule has 0 atom stereocenters. The van der Waals surface area contributed by atoms with E-state index < -0.39 is 0 Å². The number of benzene rings is 1. The number of carbonyl (C=O) groups is 1. The molecule has 0 amide bonds. The molecule has 0 fully saturated rings. The number of unbranched alkanes of at least 4 members (excludes halogenated alkanes) is 10. The first-order valence-corrected chi connectivity index (χ1v) is 12.4. The van der Waals surface area contributed by atoms with E-state index >= 15 is 0 Å². The number of rotatable bonds is 16. The van der Waals surface area contributed by atoms with Gasteiger partial charge in [0.15, 0.2) is 0 Å². The summed E-state index contributed by atoms with van der Waals surface area (Å²) in [7, 11) is 0. The first-order chi connectivity index (χ1) is 14.2. The van der Waals surface area contributed by atoms with E-state index in [-0.39, 0.29) is 5.24 Å². The third kappa shape index (κ3) is 10.3. The normalized spacial score (nSPS) is 11.0. The Morgan fingerprint density at radius 1 is 0.862 bits per heavy atom. The highest BCUT2D eigenvalue weighted by molar-refractivity contribution is 7.14. The van der Waals surface area contributed by atoms with Crippen LogP contribution in [0.4, 0.5) is 0 Å². The summed E-state index contributed by atoms with van der Waals surface area (Å²) in [5, 5.41) is 1.61. The van der Waals surface area contributed by atoms with Crippen LogP contribution in [0.15, 0.2) is 35.7 Å². The second kappa shape index (κ2) is 14.6.